The number of rotatable bonds is 3. The Bertz CT molecular complexity index is 542. The zero-order valence-electron chi connectivity index (χ0n) is 13.0. The maximum atomic E-state index is 11.9. The second-order valence-electron chi connectivity index (χ2n) is 6.61. The molecule has 2 aliphatic rings. The second kappa shape index (κ2) is 5.45. The van der Waals surface area contributed by atoms with Gasteiger partial charge in [-0.2, -0.15) is 0 Å². The molecule has 0 saturated carbocycles. The highest BCUT2D eigenvalue weighted by Gasteiger charge is 2.49. The van der Waals surface area contributed by atoms with Gasteiger partial charge in [0.25, 0.3) is 0 Å². The lowest BCUT2D eigenvalue weighted by Crippen LogP contribution is -2.52. The van der Waals surface area contributed by atoms with Crippen LogP contribution in [-0.2, 0) is 4.79 Å². The highest BCUT2D eigenvalue weighted by molar-refractivity contribution is 5.79. The summed E-state index contributed by atoms with van der Waals surface area (Å²) >= 11 is 0. The van der Waals surface area contributed by atoms with Crippen molar-refractivity contribution in [3.8, 4) is 0 Å². The Morgan fingerprint density at radius 3 is 2.71 bits per heavy atom. The van der Waals surface area contributed by atoms with Crippen LogP contribution in [0, 0.1) is 0 Å². The third-order valence-corrected chi connectivity index (χ3v) is 5.66. The van der Waals surface area contributed by atoms with Crippen molar-refractivity contribution in [3.63, 3.8) is 0 Å². The number of aliphatic carboxylic acids is 1. The molecule has 1 aromatic rings. The van der Waals surface area contributed by atoms with Gasteiger partial charge in [0.2, 0.25) is 0 Å². The van der Waals surface area contributed by atoms with Crippen molar-refractivity contribution >= 4 is 5.97 Å². The molecule has 0 bridgehead atoms. The van der Waals surface area contributed by atoms with Gasteiger partial charge in [-0.25, -0.2) is 0 Å². The van der Waals surface area contributed by atoms with Crippen LogP contribution >= 0.6 is 0 Å². The predicted octanol–water partition coefficient (Wildman–Crippen LogP) is 3.95. The summed E-state index contributed by atoms with van der Waals surface area (Å²) in [7, 11) is 0. The smallest absolute Gasteiger partial charge is 0.324 e. The first-order valence-corrected chi connectivity index (χ1v) is 8.19. The summed E-state index contributed by atoms with van der Waals surface area (Å²) < 4.78 is 0. The zero-order chi connectivity index (χ0) is 15.0. The van der Waals surface area contributed by atoms with Crippen molar-refractivity contribution in [2.45, 2.75) is 63.5 Å². The molecule has 0 radical (unpaired) electrons. The predicted molar refractivity (Wildman–Crippen MR) is 83.4 cm³/mol. The molecule has 1 fully saturated rings. The molecule has 0 amide bonds. The lowest BCUT2D eigenvalue weighted by Gasteiger charge is -2.43. The quantitative estimate of drug-likeness (QED) is 0.915. The third kappa shape index (κ3) is 2.18. The van der Waals surface area contributed by atoms with E-state index in [1.807, 2.05) is 6.92 Å². The summed E-state index contributed by atoms with van der Waals surface area (Å²) in [6.45, 7) is 5.21. The van der Waals surface area contributed by atoms with E-state index < -0.39 is 11.5 Å². The van der Waals surface area contributed by atoms with Gasteiger partial charge in [0.15, 0.2) is 0 Å². The number of carboxylic acids is 1. The summed E-state index contributed by atoms with van der Waals surface area (Å²) in [5, 5.41) is 9.82. The minimum Gasteiger partial charge on any atom is -0.480 e. The maximum Gasteiger partial charge on any atom is 0.324 e. The van der Waals surface area contributed by atoms with Crippen molar-refractivity contribution < 1.29 is 9.90 Å². The van der Waals surface area contributed by atoms with Crippen molar-refractivity contribution in [1.29, 1.82) is 0 Å². The number of carbonyl (C=O) groups is 1. The molecule has 3 nitrogen and oxygen atoms in total. The van der Waals surface area contributed by atoms with Gasteiger partial charge in [0.05, 0.1) is 0 Å². The average Bonchev–Trinajstić information content (AvgIpc) is 2.93. The van der Waals surface area contributed by atoms with Crippen LogP contribution < -0.4 is 0 Å². The molecule has 3 unspecified atom stereocenters. The van der Waals surface area contributed by atoms with E-state index >= 15 is 0 Å². The van der Waals surface area contributed by atoms with Gasteiger partial charge in [0, 0.05) is 6.04 Å². The van der Waals surface area contributed by atoms with Gasteiger partial charge >= 0.3 is 5.97 Å². The summed E-state index contributed by atoms with van der Waals surface area (Å²) in [6, 6.07) is 8.89. The molecule has 1 saturated heterocycles. The standard InChI is InChI=1S/C18H25NO2/c1-3-18(17(20)21)11-6-12-19(18)16-10-9-13(2)14-7-4-5-8-15(14)16/h4-5,7-8,13,16H,3,6,9-12H2,1-2H3,(H,20,21). The fourth-order valence-corrected chi connectivity index (χ4v) is 4.42. The van der Waals surface area contributed by atoms with Crippen LogP contribution in [0.4, 0.5) is 0 Å². The van der Waals surface area contributed by atoms with Crippen molar-refractivity contribution in [1.82, 2.24) is 4.90 Å². The molecule has 3 rings (SSSR count). The fraction of sp³-hybridized carbons (Fsp3) is 0.611. The monoisotopic (exact) mass is 287 g/mol. The van der Waals surface area contributed by atoms with Crippen molar-refractivity contribution in [2.24, 2.45) is 0 Å². The Labute approximate surface area is 127 Å². The van der Waals surface area contributed by atoms with Crippen LogP contribution in [0.5, 0.6) is 0 Å². The largest absolute Gasteiger partial charge is 0.480 e. The molecule has 3 atom stereocenters. The average molecular weight is 287 g/mol. The lowest BCUT2D eigenvalue weighted by molar-refractivity contribution is -0.151. The molecular weight excluding hydrogens is 262 g/mol. The molecule has 1 aliphatic heterocycles. The number of benzene rings is 1. The first-order valence-electron chi connectivity index (χ1n) is 8.19. The highest BCUT2D eigenvalue weighted by atomic mass is 16.4. The van der Waals surface area contributed by atoms with Crippen molar-refractivity contribution in [3.05, 3.63) is 35.4 Å². The molecule has 1 heterocycles. The molecule has 21 heavy (non-hydrogen) atoms. The van der Waals surface area contributed by atoms with E-state index in [2.05, 4.69) is 36.1 Å². The fourth-order valence-electron chi connectivity index (χ4n) is 4.42. The van der Waals surface area contributed by atoms with E-state index in [-0.39, 0.29) is 6.04 Å². The molecule has 3 heteroatoms. The van der Waals surface area contributed by atoms with E-state index in [0.717, 1.165) is 32.2 Å². The molecule has 0 aromatic heterocycles. The van der Waals surface area contributed by atoms with Gasteiger partial charge in [-0.15, -0.1) is 0 Å². The summed E-state index contributed by atoms with van der Waals surface area (Å²) in [6.07, 6.45) is 4.70. The van der Waals surface area contributed by atoms with Gasteiger partial charge < -0.3 is 5.11 Å². The van der Waals surface area contributed by atoms with Gasteiger partial charge in [-0.05, 0) is 55.7 Å². The zero-order valence-corrected chi connectivity index (χ0v) is 13.0. The molecule has 0 spiro atoms. The van der Waals surface area contributed by atoms with Crippen LogP contribution in [-0.4, -0.2) is 28.1 Å². The molecule has 1 aromatic carbocycles. The third-order valence-electron chi connectivity index (χ3n) is 5.66. The summed E-state index contributed by atoms with van der Waals surface area (Å²) in [4.78, 5) is 14.2. The molecule has 114 valence electrons. The summed E-state index contributed by atoms with van der Waals surface area (Å²) in [5.74, 6) is -0.0560. The Morgan fingerprint density at radius 2 is 2.05 bits per heavy atom. The lowest BCUT2D eigenvalue weighted by atomic mass is 9.79. The first kappa shape index (κ1) is 14.6. The van der Waals surface area contributed by atoms with Crippen LogP contribution in [0.3, 0.4) is 0 Å². The van der Waals surface area contributed by atoms with Crippen LogP contribution in [0.15, 0.2) is 24.3 Å². The minimum atomic E-state index is -0.654. The van der Waals surface area contributed by atoms with E-state index in [1.54, 1.807) is 0 Å². The Hall–Kier alpha value is -1.35. The van der Waals surface area contributed by atoms with Crippen LogP contribution in [0.2, 0.25) is 0 Å². The minimum absolute atomic E-state index is 0.274. The van der Waals surface area contributed by atoms with Crippen molar-refractivity contribution in [2.75, 3.05) is 6.54 Å². The van der Waals surface area contributed by atoms with E-state index in [4.69, 9.17) is 0 Å². The Kier molecular flexibility index (Phi) is 3.78. The Morgan fingerprint density at radius 1 is 1.33 bits per heavy atom. The van der Waals surface area contributed by atoms with Gasteiger partial charge in [-0.1, -0.05) is 38.1 Å². The van der Waals surface area contributed by atoms with E-state index in [0.29, 0.717) is 12.3 Å². The second-order valence-corrected chi connectivity index (χ2v) is 6.61. The van der Waals surface area contributed by atoms with Gasteiger partial charge in [0.1, 0.15) is 5.54 Å². The number of carboxylic acid groups (broad SMARTS) is 1. The molecule has 1 aliphatic carbocycles. The van der Waals surface area contributed by atoms with Gasteiger partial charge in [-0.3, -0.25) is 9.69 Å². The SMILES string of the molecule is CCC1(C(=O)O)CCCN1C1CCC(C)c2ccccc21. The summed E-state index contributed by atoms with van der Waals surface area (Å²) in [5.41, 5.74) is 2.12. The number of fused-ring (bicyclic) bond motifs is 1. The molecule has 1 N–H and O–H groups in total. The normalized spacial score (nSPS) is 32.9. The molecular formula is C18H25NO2. The maximum absolute atomic E-state index is 11.9. The Balaban J connectivity index is 2.01. The number of hydrogen-bond donors (Lipinski definition) is 1. The number of nitrogens with zero attached hydrogens (tertiary/aromatic N) is 1. The number of hydrogen-bond acceptors (Lipinski definition) is 2. The van der Waals surface area contributed by atoms with E-state index in [9.17, 15) is 9.90 Å². The van der Waals surface area contributed by atoms with E-state index in [1.165, 1.54) is 11.1 Å². The number of likely N-dealkylation sites (tertiary alicyclic amines) is 1. The highest BCUT2D eigenvalue weighted by Crippen LogP contribution is 2.46. The first-order chi connectivity index (χ1) is 10.1. The van der Waals surface area contributed by atoms with Crippen LogP contribution in [0.25, 0.3) is 0 Å². The topological polar surface area (TPSA) is 40.5 Å². The van der Waals surface area contributed by atoms with Crippen LogP contribution in [0.1, 0.15) is 69.0 Å².